The average molecular weight is 415 g/mol. The minimum absolute atomic E-state index is 0.0525. The van der Waals surface area contributed by atoms with Crippen LogP contribution in [0, 0.1) is 6.92 Å². The molecule has 0 saturated heterocycles. The van der Waals surface area contributed by atoms with E-state index in [1.54, 1.807) is 31.0 Å². The average Bonchev–Trinajstić information content (AvgIpc) is 3.39. The molecule has 156 valence electrons. The van der Waals surface area contributed by atoms with Crippen LogP contribution < -0.4 is 5.32 Å². The summed E-state index contributed by atoms with van der Waals surface area (Å²) in [7, 11) is 3.47. The molecule has 0 saturated carbocycles. The van der Waals surface area contributed by atoms with Crippen LogP contribution in [0.3, 0.4) is 0 Å². The number of aromatic nitrogens is 6. The molecule has 4 rings (SSSR count). The predicted molar refractivity (Wildman–Crippen MR) is 106 cm³/mol. The first-order valence-electron chi connectivity index (χ1n) is 9.21. The van der Waals surface area contributed by atoms with Gasteiger partial charge in [0.05, 0.1) is 16.9 Å². The zero-order valence-electron chi connectivity index (χ0n) is 16.6. The fourth-order valence-electron chi connectivity index (χ4n) is 3.26. The van der Waals surface area contributed by atoms with E-state index in [0.717, 1.165) is 17.4 Å². The smallest absolute Gasteiger partial charge is 0.378 e. The van der Waals surface area contributed by atoms with Crippen LogP contribution >= 0.6 is 0 Å². The van der Waals surface area contributed by atoms with Gasteiger partial charge >= 0.3 is 6.18 Å². The van der Waals surface area contributed by atoms with Gasteiger partial charge in [0.15, 0.2) is 0 Å². The molecular formula is C20H20F3N7. The maximum absolute atomic E-state index is 13.5. The molecule has 7 nitrogen and oxygen atoms in total. The Hall–Kier alpha value is -3.56. The number of halogens is 3. The van der Waals surface area contributed by atoms with Crippen LogP contribution in [0.25, 0.3) is 22.6 Å². The molecule has 3 aromatic heterocycles. The minimum atomic E-state index is -4.47. The third kappa shape index (κ3) is 3.93. The van der Waals surface area contributed by atoms with Gasteiger partial charge in [-0.1, -0.05) is 6.07 Å². The molecule has 2 N–H and O–H groups in total. The van der Waals surface area contributed by atoms with E-state index in [1.807, 2.05) is 19.2 Å². The number of rotatable bonds is 5. The molecule has 0 spiro atoms. The first-order valence-corrected chi connectivity index (χ1v) is 9.21. The van der Waals surface area contributed by atoms with Crippen molar-refractivity contribution in [2.45, 2.75) is 19.6 Å². The summed E-state index contributed by atoms with van der Waals surface area (Å²) in [4.78, 5) is 0. The number of hydrogen-bond acceptors (Lipinski definition) is 4. The number of hydrogen-bond donors (Lipinski definition) is 2. The SMILES string of the molecule is Cc1cc(-c2nn(C)cc2NCc2ccc(C(F)(F)F)c(-c3ccn(C)n3)c2)n[nH]1. The van der Waals surface area contributed by atoms with Gasteiger partial charge in [0.25, 0.3) is 0 Å². The van der Waals surface area contributed by atoms with E-state index >= 15 is 0 Å². The van der Waals surface area contributed by atoms with Crippen molar-refractivity contribution < 1.29 is 13.2 Å². The van der Waals surface area contributed by atoms with Gasteiger partial charge in [0.2, 0.25) is 0 Å². The number of H-pyrrole nitrogens is 1. The van der Waals surface area contributed by atoms with Crippen molar-refractivity contribution >= 4 is 5.69 Å². The summed E-state index contributed by atoms with van der Waals surface area (Å²) in [6, 6.07) is 7.54. The number of benzene rings is 1. The third-order valence-corrected chi connectivity index (χ3v) is 4.64. The number of nitrogens with zero attached hydrogens (tertiary/aromatic N) is 5. The van der Waals surface area contributed by atoms with E-state index in [2.05, 4.69) is 25.7 Å². The number of aromatic amines is 1. The van der Waals surface area contributed by atoms with E-state index in [4.69, 9.17) is 0 Å². The number of aryl methyl sites for hydroxylation is 3. The molecule has 0 bridgehead atoms. The van der Waals surface area contributed by atoms with Crippen molar-refractivity contribution in [2.75, 3.05) is 5.32 Å². The number of alkyl halides is 3. The van der Waals surface area contributed by atoms with Gasteiger partial charge in [-0.15, -0.1) is 0 Å². The Morgan fingerprint density at radius 1 is 1.03 bits per heavy atom. The van der Waals surface area contributed by atoms with Crippen LogP contribution in [0.4, 0.5) is 18.9 Å². The quantitative estimate of drug-likeness (QED) is 0.513. The molecule has 0 unspecified atom stereocenters. The Balaban J connectivity index is 1.64. The molecular weight excluding hydrogens is 395 g/mol. The summed E-state index contributed by atoms with van der Waals surface area (Å²) in [5.74, 6) is 0. The summed E-state index contributed by atoms with van der Waals surface area (Å²) < 4.78 is 43.6. The summed E-state index contributed by atoms with van der Waals surface area (Å²) >= 11 is 0. The van der Waals surface area contributed by atoms with Gasteiger partial charge in [-0.05, 0) is 36.8 Å². The van der Waals surface area contributed by atoms with E-state index in [0.29, 0.717) is 23.5 Å². The molecule has 30 heavy (non-hydrogen) atoms. The second-order valence-corrected chi connectivity index (χ2v) is 7.11. The van der Waals surface area contributed by atoms with Crippen LogP contribution in [0.5, 0.6) is 0 Å². The molecule has 0 fully saturated rings. The van der Waals surface area contributed by atoms with Crippen LogP contribution in [-0.4, -0.2) is 29.8 Å². The summed E-state index contributed by atoms with van der Waals surface area (Å²) in [5, 5.41) is 18.9. The molecule has 4 aromatic rings. The second kappa shape index (κ2) is 7.36. The second-order valence-electron chi connectivity index (χ2n) is 7.11. The molecule has 0 aliphatic heterocycles. The summed E-state index contributed by atoms with van der Waals surface area (Å²) in [6.45, 7) is 2.22. The predicted octanol–water partition coefficient (Wildman–Crippen LogP) is 4.15. The molecule has 0 aliphatic carbocycles. The third-order valence-electron chi connectivity index (χ3n) is 4.64. The van der Waals surface area contributed by atoms with Crippen molar-refractivity contribution in [3.63, 3.8) is 0 Å². The Morgan fingerprint density at radius 2 is 1.83 bits per heavy atom. The highest BCUT2D eigenvalue weighted by Gasteiger charge is 2.34. The normalized spacial score (nSPS) is 11.8. The van der Waals surface area contributed by atoms with E-state index in [9.17, 15) is 13.2 Å². The van der Waals surface area contributed by atoms with Gasteiger partial charge in [-0.3, -0.25) is 14.5 Å². The van der Waals surface area contributed by atoms with Crippen molar-refractivity contribution in [1.29, 1.82) is 0 Å². The van der Waals surface area contributed by atoms with Crippen LogP contribution in [0.1, 0.15) is 16.8 Å². The lowest BCUT2D eigenvalue weighted by Gasteiger charge is -2.14. The summed E-state index contributed by atoms with van der Waals surface area (Å²) in [5.41, 5.74) is 3.32. The molecule has 0 aliphatic rings. The highest BCUT2D eigenvalue weighted by atomic mass is 19.4. The van der Waals surface area contributed by atoms with Gasteiger partial charge in [0.1, 0.15) is 11.4 Å². The first-order chi connectivity index (χ1) is 14.2. The molecule has 0 atom stereocenters. The van der Waals surface area contributed by atoms with Crippen molar-refractivity contribution in [3.05, 3.63) is 59.5 Å². The summed E-state index contributed by atoms with van der Waals surface area (Å²) in [6.07, 6.45) is -1.04. The number of nitrogens with one attached hydrogen (secondary N) is 2. The minimum Gasteiger partial charge on any atom is -0.378 e. The Kier molecular flexibility index (Phi) is 4.84. The molecule has 0 amide bonds. The zero-order chi connectivity index (χ0) is 21.5. The van der Waals surface area contributed by atoms with Crippen molar-refractivity contribution in [3.8, 4) is 22.6 Å². The number of anilines is 1. The first kappa shape index (κ1) is 19.7. The largest absolute Gasteiger partial charge is 0.417 e. The van der Waals surface area contributed by atoms with Gasteiger partial charge < -0.3 is 5.32 Å². The van der Waals surface area contributed by atoms with Gasteiger partial charge in [0, 0.05) is 44.3 Å². The standard InChI is InChI=1S/C20H20F3N7/c1-12-8-17(26-25-12)19-18(11-30(3)28-19)24-10-13-4-5-15(20(21,22)23)14(9-13)16-6-7-29(2)27-16/h4-9,11,24H,10H2,1-3H3,(H,25,26). The fourth-order valence-corrected chi connectivity index (χ4v) is 3.26. The lowest BCUT2D eigenvalue weighted by atomic mass is 10.0. The van der Waals surface area contributed by atoms with Crippen LogP contribution in [0.15, 0.2) is 42.7 Å². The molecule has 3 heterocycles. The monoisotopic (exact) mass is 415 g/mol. The Morgan fingerprint density at radius 3 is 2.47 bits per heavy atom. The maximum Gasteiger partial charge on any atom is 0.417 e. The topological polar surface area (TPSA) is 76.3 Å². The van der Waals surface area contributed by atoms with Crippen molar-refractivity contribution in [2.24, 2.45) is 14.1 Å². The lowest BCUT2D eigenvalue weighted by molar-refractivity contribution is -0.137. The van der Waals surface area contributed by atoms with Gasteiger partial charge in [-0.2, -0.15) is 28.5 Å². The molecule has 0 radical (unpaired) electrons. The van der Waals surface area contributed by atoms with Crippen LogP contribution in [-0.2, 0) is 26.8 Å². The highest BCUT2D eigenvalue weighted by molar-refractivity contribution is 5.71. The van der Waals surface area contributed by atoms with Crippen molar-refractivity contribution in [1.82, 2.24) is 29.8 Å². The fraction of sp³-hybridized carbons (Fsp3) is 0.250. The highest BCUT2D eigenvalue weighted by Crippen LogP contribution is 2.37. The Labute approximate surface area is 170 Å². The van der Waals surface area contributed by atoms with E-state index < -0.39 is 11.7 Å². The van der Waals surface area contributed by atoms with Crippen LogP contribution in [0.2, 0.25) is 0 Å². The molecule has 10 heteroatoms. The zero-order valence-corrected chi connectivity index (χ0v) is 16.6. The maximum atomic E-state index is 13.5. The van der Waals surface area contributed by atoms with E-state index in [-0.39, 0.29) is 11.3 Å². The van der Waals surface area contributed by atoms with Gasteiger partial charge in [-0.25, -0.2) is 0 Å². The molecule has 1 aromatic carbocycles. The van der Waals surface area contributed by atoms with E-state index in [1.165, 1.54) is 16.8 Å². The lowest BCUT2D eigenvalue weighted by Crippen LogP contribution is -2.09. The Bertz CT molecular complexity index is 1180.